The lowest BCUT2D eigenvalue weighted by atomic mass is 10.1. The first-order valence-corrected chi connectivity index (χ1v) is 8.49. The highest BCUT2D eigenvalue weighted by Crippen LogP contribution is 2.39. The minimum atomic E-state index is -0.865. The molecule has 0 aromatic heterocycles. The summed E-state index contributed by atoms with van der Waals surface area (Å²) >= 11 is 3.91. The van der Waals surface area contributed by atoms with Crippen LogP contribution in [0.5, 0.6) is 0 Å². The molecule has 0 bridgehead atoms. The zero-order valence-electron chi connectivity index (χ0n) is 10.9. The molecule has 2 aliphatic rings. The molecule has 3 unspecified atom stereocenters. The van der Waals surface area contributed by atoms with E-state index in [0.29, 0.717) is 4.58 Å². The van der Waals surface area contributed by atoms with Gasteiger partial charge in [-0.05, 0) is 38.2 Å². The second kappa shape index (κ2) is 6.33. The standard InChI is InChI=1S/C12H22O4S2/c1-12(2)15-9(11(16-12)8(14)7-13)6-10-17-4-3-5-18-10/h8-11,13-14H,3-7H2,1-2H3. The Labute approximate surface area is 117 Å². The summed E-state index contributed by atoms with van der Waals surface area (Å²) < 4.78 is 12.1. The fourth-order valence-corrected chi connectivity index (χ4v) is 5.28. The first-order valence-electron chi connectivity index (χ1n) is 6.39. The third-order valence-corrected chi connectivity index (χ3v) is 6.10. The van der Waals surface area contributed by atoms with E-state index in [-0.39, 0.29) is 12.7 Å². The molecule has 0 aromatic rings. The smallest absolute Gasteiger partial charge is 0.163 e. The molecule has 0 aliphatic carbocycles. The zero-order valence-corrected chi connectivity index (χ0v) is 12.5. The fraction of sp³-hybridized carbons (Fsp3) is 1.00. The Kier molecular flexibility index (Phi) is 5.25. The van der Waals surface area contributed by atoms with Gasteiger partial charge in [0.15, 0.2) is 5.79 Å². The van der Waals surface area contributed by atoms with Gasteiger partial charge in [0.1, 0.15) is 12.2 Å². The van der Waals surface area contributed by atoms with E-state index < -0.39 is 18.0 Å². The lowest BCUT2D eigenvalue weighted by Crippen LogP contribution is -2.39. The van der Waals surface area contributed by atoms with Gasteiger partial charge in [0.2, 0.25) is 0 Å². The van der Waals surface area contributed by atoms with Crippen LogP contribution in [0.3, 0.4) is 0 Å². The first-order chi connectivity index (χ1) is 8.52. The second-order valence-electron chi connectivity index (χ2n) is 5.15. The van der Waals surface area contributed by atoms with Crippen LogP contribution in [0.25, 0.3) is 0 Å². The molecule has 2 N–H and O–H groups in total. The largest absolute Gasteiger partial charge is 0.394 e. The van der Waals surface area contributed by atoms with Crippen LogP contribution < -0.4 is 0 Å². The van der Waals surface area contributed by atoms with E-state index in [2.05, 4.69) is 0 Å². The van der Waals surface area contributed by atoms with Crippen molar-refractivity contribution in [3.05, 3.63) is 0 Å². The summed E-state index contributed by atoms with van der Waals surface area (Å²) in [6.45, 7) is 3.42. The molecule has 2 saturated heterocycles. The lowest BCUT2D eigenvalue weighted by Gasteiger charge is -2.26. The second-order valence-corrected chi connectivity index (χ2v) is 8.07. The predicted molar refractivity (Wildman–Crippen MR) is 74.9 cm³/mol. The molecule has 2 fully saturated rings. The van der Waals surface area contributed by atoms with Gasteiger partial charge in [0.25, 0.3) is 0 Å². The number of aliphatic hydroxyl groups excluding tert-OH is 2. The van der Waals surface area contributed by atoms with Gasteiger partial charge in [-0.25, -0.2) is 0 Å². The molecule has 3 atom stereocenters. The minimum absolute atomic E-state index is 0.134. The molecule has 0 saturated carbocycles. The van der Waals surface area contributed by atoms with E-state index in [9.17, 15) is 5.11 Å². The van der Waals surface area contributed by atoms with Crippen molar-refractivity contribution in [2.45, 2.75) is 55.4 Å². The summed E-state index contributed by atoms with van der Waals surface area (Å²) in [5, 5.41) is 18.9. The van der Waals surface area contributed by atoms with Crippen molar-refractivity contribution in [2.24, 2.45) is 0 Å². The third-order valence-electron chi connectivity index (χ3n) is 3.11. The van der Waals surface area contributed by atoms with E-state index in [1.165, 1.54) is 17.9 Å². The van der Waals surface area contributed by atoms with Crippen molar-refractivity contribution in [2.75, 3.05) is 18.1 Å². The van der Waals surface area contributed by atoms with Gasteiger partial charge in [0, 0.05) is 0 Å². The van der Waals surface area contributed by atoms with Gasteiger partial charge in [-0.3, -0.25) is 0 Å². The Balaban J connectivity index is 1.95. The van der Waals surface area contributed by atoms with Gasteiger partial charge in [-0.2, -0.15) is 0 Å². The van der Waals surface area contributed by atoms with Crippen LogP contribution in [0, 0.1) is 0 Å². The molecule has 2 rings (SSSR count). The highest BCUT2D eigenvalue weighted by molar-refractivity contribution is 8.17. The first kappa shape index (κ1) is 14.9. The summed E-state index contributed by atoms with van der Waals surface area (Å²) in [5.41, 5.74) is 0. The molecule has 0 radical (unpaired) electrons. The van der Waals surface area contributed by atoms with Crippen molar-refractivity contribution < 1.29 is 19.7 Å². The van der Waals surface area contributed by atoms with E-state index in [1.54, 1.807) is 0 Å². The van der Waals surface area contributed by atoms with Crippen LogP contribution in [-0.4, -0.2) is 57.0 Å². The molecular weight excluding hydrogens is 272 g/mol. The van der Waals surface area contributed by atoms with Crippen LogP contribution in [0.2, 0.25) is 0 Å². The summed E-state index contributed by atoms with van der Waals surface area (Å²) in [6, 6.07) is 0. The molecular formula is C12H22O4S2. The maximum absolute atomic E-state index is 9.82. The molecule has 106 valence electrons. The van der Waals surface area contributed by atoms with E-state index in [0.717, 1.165) is 6.42 Å². The molecule has 2 aliphatic heterocycles. The SMILES string of the molecule is CC1(C)OC(CC2SCCCS2)C(C(O)CO)O1. The maximum atomic E-state index is 9.82. The van der Waals surface area contributed by atoms with E-state index >= 15 is 0 Å². The average Bonchev–Trinajstić information content (AvgIpc) is 2.65. The van der Waals surface area contributed by atoms with Crippen molar-refractivity contribution in [3.8, 4) is 0 Å². The van der Waals surface area contributed by atoms with Gasteiger partial charge in [-0.15, -0.1) is 23.5 Å². The fourth-order valence-electron chi connectivity index (χ4n) is 2.34. The third kappa shape index (κ3) is 3.77. The van der Waals surface area contributed by atoms with Crippen molar-refractivity contribution in [1.82, 2.24) is 0 Å². The maximum Gasteiger partial charge on any atom is 0.163 e. The number of hydrogen-bond donors (Lipinski definition) is 2. The van der Waals surface area contributed by atoms with Crippen LogP contribution in [0.4, 0.5) is 0 Å². The van der Waals surface area contributed by atoms with Crippen LogP contribution in [-0.2, 0) is 9.47 Å². The van der Waals surface area contributed by atoms with Gasteiger partial charge in [0.05, 0.1) is 17.3 Å². The predicted octanol–water partition coefficient (Wildman–Crippen LogP) is 1.45. The summed E-state index contributed by atoms with van der Waals surface area (Å²) in [5.74, 6) is 1.72. The summed E-state index contributed by atoms with van der Waals surface area (Å²) in [6.07, 6.45) is 0.705. The van der Waals surface area contributed by atoms with Crippen LogP contribution >= 0.6 is 23.5 Å². The van der Waals surface area contributed by atoms with Crippen LogP contribution in [0.15, 0.2) is 0 Å². The molecule has 0 aromatic carbocycles. The highest BCUT2D eigenvalue weighted by Gasteiger charge is 2.45. The van der Waals surface area contributed by atoms with Crippen LogP contribution in [0.1, 0.15) is 26.7 Å². The summed E-state index contributed by atoms with van der Waals surface area (Å²) in [7, 11) is 0. The number of ether oxygens (including phenoxy) is 2. The Bertz CT molecular complexity index is 269. The lowest BCUT2D eigenvalue weighted by molar-refractivity contribution is -0.157. The average molecular weight is 294 g/mol. The van der Waals surface area contributed by atoms with Gasteiger partial charge in [-0.1, -0.05) is 0 Å². The topological polar surface area (TPSA) is 58.9 Å². The van der Waals surface area contributed by atoms with Crippen molar-refractivity contribution in [1.29, 1.82) is 0 Å². The summed E-state index contributed by atoms with van der Waals surface area (Å²) in [4.78, 5) is 0. The Morgan fingerprint density at radius 1 is 1.28 bits per heavy atom. The van der Waals surface area contributed by atoms with Gasteiger partial charge >= 0.3 is 0 Å². The molecule has 0 amide bonds. The molecule has 6 heteroatoms. The number of hydrogen-bond acceptors (Lipinski definition) is 6. The molecule has 0 spiro atoms. The van der Waals surface area contributed by atoms with Crippen molar-refractivity contribution in [3.63, 3.8) is 0 Å². The quantitative estimate of drug-likeness (QED) is 0.818. The zero-order chi connectivity index (χ0) is 13.2. The van der Waals surface area contributed by atoms with Gasteiger partial charge < -0.3 is 19.7 Å². The highest BCUT2D eigenvalue weighted by atomic mass is 32.2. The van der Waals surface area contributed by atoms with Crippen molar-refractivity contribution >= 4 is 23.5 Å². The monoisotopic (exact) mass is 294 g/mol. The number of aliphatic hydroxyl groups is 2. The van der Waals surface area contributed by atoms with E-state index in [1.807, 2.05) is 37.4 Å². The normalized spacial score (nSPS) is 34.7. The molecule has 4 nitrogen and oxygen atoms in total. The Hall–Kier alpha value is 0.540. The minimum Gasteiger partial charge on any atom is -0.394 e. The number of rotatable bonds is 4. The number of thioether (sulfide) groups is 2. The van der Waals surface area contributed by atoms with E-state index in [4.69, 9.17) is 14.6 Å². The Morgan fingerprint density at radius 2 is 1.94 bits per heavy atom. The Morgan fingerprint density at radius 3 is 2.56 bits per heavy atom. The molecule has 2 heterocycles. The molecule has 18 heavy (non-hydrogen) atoms.